The molecule has 4 aliphatic carbocycles. The van der Waals surface area contributed by atoms with Gasteiger partial charge in [-0.15, -0.1) is 0 Å². The molecule has 4 saturated carbocycles. The lowest BCUT2D eigenvalue weighted by Crippen LogP contribution is -2.39. The molecule has 4 rings (SSSR count). The van der Waals surface area contributed by atoms with Gasteiger partial charge in [0.05, 0.1) is 18.3 Å². The number of ether oxygens (including phenoxy) is 1. The zero-order valence-corrected chi connectivity index (χ0v) is 21.1. The van der Waals surface area contributed by atoms with Crippen molar-refractivity contribution >= 4 is 0 Å². The number of aliphatic hydroxyl groups excluding tert-OH is 2. The van der Waals surface area contributed by atoms with E-state index in [2.05, 4.69) is 39.8 Å². The topological polar surface area (TPSA) is 49.7 Å². The van der Waals surface area contributed by atoms with E-state index in [4.69, 9.17) is 4.74 Å². The third kappa shape index (κ3) is 4.64. The first kappa shape index (κ1) is 24.5. The quantitative estimate of drug-likeness (QED) is 0.444. The number of aliphatic hydroxyl groups is 2. The molecule has 0 amide bonds. The summed E-state index contributed by atoms with van der Waals surface area (Å²) in [7, 11) is 0. The van der Waals surface area contributed by atoms with E-state index in [1.54, 1.807) is 5.57 Å². The van der Waals surface area contributed by atoms with Crippen molar-refractivity contribution in [3.05, 3.63) is 23.3 Å². The summed E-state index contributed by atoms with van der Waals surface area (Å²) in [6.07, 6.45) is 17.8. The fraction of sp³-hybridized carbons (Fsp3) is 0.862. The molecule has 2 N–H and O–H groups in total. The molecule has 1 spiro atoms. The van der Waals surface area contributed by atoms with Gasteiger partial charge in [0.15, 0.2) is 0 Å². The summed E-state index contributed by atoms with van der Waals surface area (Å²) in [6.45, 7) is 10.4. The maximum absolute atomic E-state index is 10.6. The Hall–Kier alpha value is -0.640. The lowest BCUT2D eigenvalue weighted by atomic mass is 9.62. The van der Waals surface area contributed by atoms with Crippen molar-refractivity contribution in [2.24, 2.45) is 28.6 Å². The van der Waals surface area contributed by atoms with E-state index in [1.165, 1.54) is 56.9 Å². The fourth-order valence-electron chi connectivity index (χ4n) is 7.66. The van der Waals surface area contributed by atoms with Gasteiger partial charge in [-0.2, -0.15) is 0 Å². The van der Waals surface area contributed by atoms with E-state index in [0.717, 1.165) is 38.2 Å². The maximum Gasteiger partial charge on any atom is 0.0658 e. The van der Waals surface area contributed by atoms with Crippen LogP contribution in [0.15, 0.2) is 23.3 Å². The Balaban J connectivity index is 1.39. The van der Waals surface area contributed by atoms with Gasteiger partial charge in [-0.3, -0.25) is 0 Å². The molecule has 4 fully saturated rings. The van der Waals surface area contributed by atoms with E-state index in [0.29, 0.717) is 23.4 Å². The number of rotatable bonds is 8. The van der Waals surface area contributed by atoms with Crippen molar-refractivity contribution in [1.82, 2.24) is 0 Å². The summed E-state index contributed by atoms with van der Waals surface area (Å²) < 4.78 is 6.43. The number of allylic oxidation sites excluding steroid dienone is 3. The minimum atomic E-state index is -0.360. The first-order valence-electron chi connectivity index (χ1n) is 13.7. The average Bonchev–Trinajstić information content (AvgIpc) is 3.50. The van der Waals surface area contributed by atoms with Crippen LogP contribution in [0.2, 0.25) is 0 Å². The molecule has 0 heterocycles. The lowest BCUT2D eigenvalue weighted by molar-refractivity contribution is -0.0291. The second-order valence-electron chi connectivity index (χ2n) is 11.9. The normalized spacial score (nSPS) is 38.3. The fourth-order valence-corrected chi connectivity index (χ4v) is 7.66. The van der Waals surface area contributed by atoms with E-state index in [-0.39, 0.29) is 17.6 Å². The van der Waals surface area contributed by atoms with Crippen LogP contribution in [0.1, 0.15) is 105 Å². The highest BCUT2D eigenvalue weighted by Crippen LogP contribution is 2.59. The monoisotopic (exact) mass is 444 g/mol. The molecular formula is C29H48O3. The zero-order valence-electron chi connectivity index (χ0n) is 21.1. The Labute approximate surface area is 196 Å². The molecular weight excluding hydrogens is 396 g/mol. The van der Waals surface area contributed by atoms with Crippen molar-refractivity contribution < 1.29 is 14.9 Å². The predicted octanol–water partition coefficient (Wildman–Crippen LogP) is 6.58. The highest BCUT2D eigenvalue weighted by atomic mass is 16.5. The molecule has 0 aliphatic heterocycles. The third-order valence-corrected chi connectivity index (χ3v) is 10.3. The molecule has 6 atom stereocenters. The smallest absolute Gasteiger partial charge is 0.0658 e. The van der Waals surface area contributed by atoms with E-state index in [9.17, 15) is 10.2 Å². The number of fused-ring (bicyclic) bond motifs is 1. The summed E-state index contributed by atoms with van der Waals surface area (Å²) >= 11 is 0. The predicted molar refractivity (Wildman–Crippen MR) is 131 cm³/mol. The molecule has 0 saturated heterocycles. The van der Waals surface area contributed by atoms with Crippen molar-refractivity contribution in [1.29, 1.82) is 0 Å². The minimum absolute atomic E-state index is 0.170. The molecule has 0 aromatic rings. The number of hydrogen-bond donors (Lipinski definition) is 2. The van der Waals surface area contributed by atoms with Crippen molar-refractivity contribution in [2.75, 3.05) is 6.61 Å². The van der Waals surface area contributed by atoms with Gasteiger partial charge in [0.1, 0.15) is 0 Å². The number of hydrogen-bond acceptors (Lipinski definition) is 3. The molecule has 3 heteroatoms. The van der Waals surface area contributed by atoms with Gasteiger partial charge < -0.3 is 14.9 Å². The molecule has 0 bridgehead atoms. The highest BCUT2D eigenvalue weighted by Gasteiger charge is 2.56. The Kier molecular flexibility index (Phi) is 7.59. The van der Waals surface area contributed by atoms with Crippen molar-refractivity contribution in [2.45, 2.75) is 123 Å². The molecule has 0 aromatic heterocycles. The highest BCUT2D eigenvalue weighted by molar-refractivity contribution is 5.28. The summed E-state index contributed by atoms with van der Waals surface area (Å²) in [4.78, 5) is 0. The van der Waals surface area contributed by atoms with Gasteiger partial charge >= 0.3 is 0 Å². The molecule has 3 nitrogen and oxygen atoms in total. The molecule has 4 aliphatic rings. The molecule has 32 heavy (non-hydrogen) atoms. The second kappa shape index (κ2) is 9.92. The molecule has 6 unspecified atom stereocenters. The largest absolute Gasteiger partial charge is 0.392 e. The molecule has 0 aromatic carbocycles. The van der Waals surface area contributed by atoms with Crippen LogP contribution in [-0.4, -0.2) is 35.1 Å². The Morgan fingerprint density at radius 3 is 2.34 bits per heavy atom. The average molecular weight is 445 g/mol. The van der Waals surface area contributed by atoms with Gasteiger partial charge in [0.25, 0.3) is 0 Å². The van der Waals surface area contributed by atoms with Crippen LogP contribution in [0.25, 0.3) is 0 Å². The van der Waals surface area contributed by atoms with Gasteiger partial charge in [-0.1, -0.05) is 56.9 Å². The van der Waals surface area contributed by atoms with Crippen LogP contribution in [-0.2, 0) is 4.74 Å². The Bertz CT molecular complexity index is 685. The maximum atomic E-state index is 10.6. The van der Waals surface area contributed by atoms with Crippen LogP contribution in [0.3, 0.4) is 0 Å². The summed E-state index contributed by atoms with van der Waals surface area (Å²) in [5, 5.41) is 21.1. The van der Waals surface area contributed by atoms with Crippen LogP contribution in [0.5, 0.6) is 0 Å². The van der Waals surface area contributed by atoms with Gasteiger partial charge in [0.2, 0.25) is 0 Å². The third-order valence-electron chi connectivity index (χ3n) is 10.3. The zero-order chi connectivity index (χ0) is 22.9. The van der Waals surface area contributed by atoms with Crippen LogP contribution < -0.4 is 0 Å². The van der Waals surface area contributed by atoms with E-state index < -0.39 is 0 Å². The second-order valence-corrected chi connectivity index (χ2v) is 11.9. The summed E-state index contributed by atoms with van der Waals surface area (Å²) in [5.74, 6) is 2.12. The van der Waals surface area contributed by atoms with Gasteiger partial charge in [-0.05, 0) is 94.3 Å². The minimum Gasteiger partial charge on any atom is -0.392 e. The summed E-state index contributed by atoms with van der Waals surface area (Å²) in [5.41, 5.74) is 3.01. The molecule has 0 radical (unpaired) electrons. The Morgan fingerprint density at radius 1 is 1.03 bits per heavy atom. The summed E-state index contributed by atoms with van der Waals surface area (Å²) in [6, 6.07) is 0. The van der Waals surface area contributed by atoms with Crippen LogP contribution in [0.4, 0.5) is 0 Å². The van der Waals surface area contributed by atoms with Crippen molar-refractivity contribution in [3.63, 3.8) is 0 Å². The Morgan fingerprint density at radius 2 is 1.72 bits per heavy atom. The van der Waals surface area contributed by atoms with Crippen molar-refractivity contribution in [3.8, 4) is 0 Å². The lowest BCUT2D eigenvalue weighted by Gasteiger charge is -2.44. The first-order valence-corrected chi connectivity index (χ1v) is 13.7. The van der Waals surface area contributed by atoms with Crippen LogP contribution in [0, 0.1) is 28.6 Å². The van der Waals surface area contributed by atoms with Crippen LogP contribution >= 0.6 is 0 Å². The van der Waals surface area contributed by atoms with E-state index in [1.807, 2.05) is 0 Å². The SMILES string of the molecule is CCC(CC)CCOC(C)C1CCC2C(=CC=C3CC(O)C4(CC4)C(O)C3)CCCC21C. The van der Waals surface area contributed by atoms with Gasteiger partial charge in [-0.25, -0.2) is 0 Å². The van der Waals surface area contributed by atoms with E-state index >= 15 is 0 Å². The first-order chi connectivity index (χ1) is 15.3. The standard InChI is InChI=1S/C29H48O3/c1-5-21(6-2)13-17-32-20(3)24-11-12-25-23(8-7-14-28(24,25)4)10-9-22-18-26(30)29(15-16-29)27(31)19-22/h9-10,20-21,24-27,30-31H,5-8,11-19H2,1-4H3. The molecule has 182 valence electrons. The van der Waals surface area contributed by atoms with Gasteiger partial charge in [0, 0.05) is 12.0 Å².